The molecule has 0 unspecified atom stereocenters. The first kappa shape index (κ1) is 24.3. The molecule has 2 aromatic carbocycles. The Labute approximate surface area is 195 Å². The Morgan fingerprint density at radius 2 is 1.82 bits per heavy atom. The second-order valence-corrected chi connectivity index (χ2v) is 9.43. The summed E-state index contributed by atoms with van der Waals surface area (Å²) < 4.78 is 35.8. The van der Waals surface area contributed by atoms with Crippen LogP contribution in [-0.2, 0) is 23.0 Å². The van der Waals surface area contributed by atoms with Gasteiger partial charge in [0.2, 0.25) is 0 Å². The summed E-state index contributed by atoms with van der Waals surface area (Å²) in [7, 11) is -2.57. The van der Waals surface area contributed by atoms with Crippen LogP contribution < -0.4 is 14.8 Å². The number of carbonyl (C=O) groups excluding carboxylic acids is 1. The van der Waals surface area contributed by atoms with Gasteiger partial charge in [-0.25, -0.2) is 8.42 Å². The zero-order valence-corrected chi connectivity index (χ0v) is 20.2. The Kier molecular flexibility index (Phi) is 7.75. The molecule has 0 atom stereocenters. The van der Waals surface area contributed by atoms with Gasteiger partial charge in [-0.3, -0.25) is 14.2 Å². The minimum absolute atomic E-state index is 0.0974. The lowest BCUT2D eigenvalue weighted by Crippen LogP contribution is -2.26. The quantitative estimate of drug-likeness (QED) is 0.440. The number of sulfonamides is 1. The average Bonchev–Trinajstić information content (AvgIpc) is 3.13. The summed E-state index contributed by atoms with van der Waals surface area (Å²) in [5.74, 6) is -0.191. The number of hydrogen-bond acceptors (Lipinski definition) is 5. The van der Waals surface area contributed by atoms with Crippen LogP contribution in [0.1, 0.15) is 40.7 Å². The fraction of sp³-hybridized carbons (Fsp3) is 0.333. The monoisotopic (exact) mass is 470 g/mol. The number of benzene rings is 2. The highest BCUT2D eigenvalue weighted by molar-refractivity contribution is 7.92. The van der Waals surface area contributed by atoms with Crippen molar-refractivity contribution in [3.63, 3.8) is 0 Å². The van der Waals surface area contributed by atoms with Gasteiger partial charge < -0.3 is 10.1 Å². The molecule has 2 N–H and O–H groups in total. The van der Waals surface area contributed by atoms with Gasteiger partial charge in [0.1, 0.15) is 10.6 Å². The van der Waals surface area contributed by atoms with Crippen LogP contribution in [0.4, 0.5) is 5.69 Å². The summed E-state index contributed by atoms with van der Waals surface area (Å²) in [6, 6.07) is 13.5. The molecule has 33 heavy (non-hydrogen) atoms. The molecule has 0 spiro atoms. The SMILES string of the molecule is CCc1ccc(NS(=O)(=O)c2cc(C(=O)NCCCn3nc(C)cc3C)ccc2OC)cc1. The normalized spacial score (nSPS) is 11.3. The number of ether oxygens (including phenoxy) is 1. The first-order chi connectivity index (χ1) is 15.7. The molecular weight excluding hydrogens is 440 g/mol. The molecule has 0 aliphatic rings. The fourth-order valence-corrected chi connectivity index (χ4v) is 4.74. The molecule has 1 heterocycles. The summed E-state index contributed by atoms with van der Waals surface area (Å²) in [5, 5.41) is 7.24. The molecule has 9 heteroatoms. The van der Waals surface area contributed by atoms with Crippen LogP contribution >= 0.6 is 0 Å². The van der Waals surface area contributed by atoms with E-state index in [0.717, 1.165) is 23.4 Å². The molecule has 0 saturated heterocycles. The minimum atomic E-state index is -3.96. The van der Waals surface area contributed by atoms with Gasteiger partial charge in [-0.1, -0.05) is 19.1 Å². The molecule has 1 amide bonds. The number of carbonyl (C=O) groups is 1. The molecule has 0 fully saturated rings. The van der Waals surface area contributed by atoms with E-state index in [1.165, 1.54) is 19.2 Å². The standard InChI is InChI=1S/C24H30N4O4S/c1-5-19-7-10-21(11-8-19)27-33(30,31)23-16-20(9-12-22(23)32-4)24(29)25-13-6-14-28-18(3)15-17(2)26-28/h7-12,15-16,27H,5-6,13-14H2,1-4H3,(H,25,29). The van der Waals surface area contributed by atoms with Gasteiger partial charge in [0, 0.05) is 30.0 Å². The van der Waals surface area contributed by atoms with E-state index in [1.54, 1.807) is 18.2 Å². The number of aromatic nitrogens is 2. The number of methoxy groups -OCH3 is 1. The third-order valence-electron chi connectivity index (χ3n) is 5.27. The molecule has 3 rings (SSSR count). The van der Waals surface area contributed by atoms with Crippen molar-refractivity contribution in [2.24, 2.45) is 0 Å². The Bertz CT molecular complexity index is 1220. The second-order valence-electron chi connectivity index (χ2n) is 7.78. The molecular formula is C24H30N4O4S. The highest BCUT2D eigenvalue weighted by atomic mass is 32.2. The van der Waals surface area contributed by atoms with E-state index in [9.17, 15) is 13.2 Å². The predicted octanol–water partition coefficient (Wildman–Crippen LogP) is 3.69. The van der Waals surface area contributed by atoms with Gasteiger partial charge in [0.05, 0.1) is 12.8 Å². The van der Waals surface area contributed by atoms with E-state index in [2.05, 4.69) is 15.1 Å². The van der Waals surface area contributed by atoms with E-state index in [0.29, 0.717) is 25.2 Å². The average molecular weight is 471 g/mol. The van der Waals surface area contributed by atoms with Crippen molar-refractivity contribution < 1.29 is 17.9 Å². The van der Waals surface area contributed by atoms with Crippen molar-refractivity contribution in [2.75, 3.05) is 18.4 Å². The number of amides is 1. The van der Waals surface area contributed by atoms with Crippen molar-refractivity contribution in [2.45, 2.75) is 45.1 Å². The summed E-state index contributed by atoms with van der Waals surface area (Å²) in [6.45, 7) is 7.08. The Morgan fingerprint density at radius 1 is 1.09 bits per heavy atom. The van der Waals surface area contributed by atoms with E-state index >= 15 is 0 Å². The zero-order chi connectivity index (χ0) is 24.0. The van der Waals surface area contributed by atoms with Crippen LogP contribution in [0.5, 0.6) is 5.75 Å². The van der Waals surface area contributed by atoms with E-state index in [1.807, 2.05) is 43.7 Å². The second kappa shape index (κ2) is 10.5. The molecule has 176 valence electrons. The number of anilines is 1. The maximum atomic E-state index is 13.0. The molecule has 0 bridgehead atoms. The Balaban J connectivity index is 1.69. The largest absolute Gasteiger partial charge is 0.495 e. The van der Waals surface area contributed by atoms with Crippen LogP contribution in [-0.4, -0.2) is 37.8 Å². The molecule has 0 aliphatic heterocycles. The molecule has 0 radical (unpaired) electrons. The number of nitrogens with zero attached hydrogens (tertiary/aromatic N) is 2. The highest BCUT2D eigenvalue weighted by Crippen LogP contribution is 2.27. The predicted molar refractivity (Wildman–Crippen MR) is 128 cm³/mol. The van der Waals surface area contributed by atoms with Crippen LogP contribution in [0.3, 0.4) is 0 Å². The van der Waals surface area contributed by atoms with Gasteiger partial charge in [0.15, 0.2) is 0 Å². The molecule has 0 aliphatic carbocycles. The lowest BCUT2D eigenvalue weighted by Gasteiger charge is -2.13. The van der Waals surface area contributed by atoms with Crippen molar-refractivity contribution in [3.05, 3.63) is 71.0 Å². The lowest BCUT2D eigenvalue weighted by molar-refractivity contribution is 0.0952. The number of aryl methyl sites for hydroxylation is 4. The smallest absolute Gasteiger partial charge is 0.265 e. The maximum absolute atomic E-state index is 13.0. The first-order valence-electron chi connectivity index (χ1n) is 10.8. The van der Waals surface area contributed by atoms with Crippen LogP contribution in [0.25, 0.3) is 0 Å². The van der Waals surface area contributed by atoms with Gasteiger partial charge in [-0.05, 0) is 68.7 Å². The molecule has 8 nitrogen and oxygen atoms in total. The van der Waals surface area contributed by atoms with Crippen LogP contribution in [0.15, 0.2) is 53.4 Å². The van der Waals surface area contributed by atoms with Gasteiger partial charge >= 0.3 is 0 Å². The summed E-state index contributed by atoms with van der Waals surface area (Å²) >= 11 is 0. The zero-order valence-electron chi connectivity index (χ0n) is 19.4. The van der Waals surface area contributed by atoms with E-state index in [4.69, 9.17) is 4.74 Å². The molecule has 1 aromatic heterocycles. The summed E-state index contributed by atoms with van der Waals surface area (Å²) in [6.07, 6.45) is 1.56. The van der Waals surface area contributed by atoms with Crippen molar-refractivity contribution in [3.8, 4) is 5.75 Å². The Hall–Kier alpha value is -3.33. The molecule has 0 saturated carbocycles. The fourth-order valence-electron chi connectivity index (χ4n) is 3.48. The van der Waals surface area contributed by atoms with Gasteiger partial charge in [-0.2, -0.15) is 5.10 Å². The van der Waals surface area contributed by atoms with Gasteiger partial charge in [0.25, 0.3) is 15.9 Å². The van der Waals surface area contributed by atoms with Crippen molar-refractivity contribution in [1.29, 1.82) is 0 Å². The number of rotatable bonds is 10. The first-order valence-corrected chi connectivity index (χ1v) is 12.3. The number of nitrogens with one attached hydrogen (secondary N) is 2. The maximum Gasteiger partial charge on any atom is 0.265 e. The third-order valence-corrected chi connectivity index (χ3v) is 6.67. The van der Waals surface area contributed by atoms with Crippen LogP contribution in [0, 0.1) is 13.8 Å². The summed E-state index contributed by atoms with van der Waals surface area (Å²) in [5.41, 5.74) is 3.81. The molecule has 3 aromatic rings. The lowest BCUT2D eigenvalue weighted by atomic mass is 10.2. The van der Waals surface area contributed by atoms with E-state index in [-0.39, 0.29) is 22.1 Å². The third kappa shape index (κ3) is 6.13. The summed E-state index contributed by atoms with van der Waals surface area (Å²) in [4.78, 5) is 12.5. The van der Waals surface area contributed by atoms with Gasteiger partial charge in [-0.15, -0.1) is 0 Å². The van der Waals surface area contributed by atoms with Crippen molar-refractivity contribution >= 4 is 21.6 Å². The van der Waals surface area contributed by atoms with E-state index < -0.39 is 10.0 Å². The number of hydrogen-bond donors (Lipinski definition) is 2. The van der Waals surface area contributed by atoms with Crippen LogP contribution in [0.2, 0.25) is 0 Å². The van der Waals surface area contributed by atoms with Crippen molar-refractivity contribution in [1.82, 2.24) is 15.1 Å². The minimum Gasteiger partial charge on any atom is -0.495 e. The topological polar surface area (TPSA) is 102 Å². The Morgan fingerprint density at radius 3 is 2.42 bits per heavy atom. The highest BCUT2D eigenvalue weighted by Gasteiger charge is 2.22.